The molecule has 5 heteroatoms. The number of hydrogen-bond acceptors (Lipinski definition) is 3. The second kappa shape index (κ2) is 7.39. The summed E-state index contributed by atoms with van der Waals surface area (Å²) in [5, 5.41) is 5.80. The Labute approximate surface area is 134 Å². The van der Waals surface area contributed by atoms with E-state index in [0.29, 0.717) is 32.8 Å². The molecule has 4 unspecified atom stereocenters. The molecule has 20 heavy (non-hydrogen) atoms. The van der Waals surface area contributed by atoms with Gasteiger partial charge in [-0.3, -0.25) is 0 Å². The molecular weight excluding hydrogens is 313 g/mol. The maximum absolute atomic E-state index is 13.9. The van der Waals surface area contributed by atoms with E-state index in [1.165, 1.54) is 6.07 Å². The number of rotatable bonds is 4. The van der Waals surface area contributed by atoms with E-state index in [-0.39, 0.29) is 11.9 Å². The van der Waals surface area contributed by atoms with Gasteiger partial charge in [-0.25, -0.2) is 4.39 Å². The fourth-order valence-electron chi connectivity index (χ4n) is 2.37. The van der Waals surface area contributed by atoms with Crippen LogP contribution in [0.4, 0.5) is 4.39 Å². The van der Waals surface area contributed by atoms with Gasteiger partial charge in [0, 0.05) is 32.6 Å². The normalized spacial score (nSPS) is 28.4. The molecule has 0 saturated carbocycles. The van der Waals surface area contributed by atoms with E-state index >= 15 is 0 Å². The molecule has 1 aromatic rings. The van der Waals surface area contributed by atoms with Crippen molar-refractivity contribution in [2.75, 3.05) is 12.8 Å². The van der Waals surface area contributed by atoms with Crippen LogP contribution in [-0.4, -0.2) is 34.6 Å². The smallest absolute Gasteiger partial charge is 0.126 e. The lowest BCUT2D eigenvalue weighted by atomic mass is 10.0. The Morgan fingerprint density at radius 1 is 1.40 bits per heavy atom. The molecule has 1 fully saturated rings. The average molecular weight is 334 g/mol. The van der Waals surface area contributed by atoms with Gasteiger partial charge in [0.2, 0.25) is 0 Å². The number of likely N-dealkylation sites (N-methyl/N-ethyl adjacent to an activating group) is 1. The molecular formula is C15H21ClFNS2. The van der Waals surface area contributed by atoms with Crippen LogP contribution in [0, 0.1) is 5.82 Å². The summed E-state index contributed by atoms with van der Waals surface area (Å²) in [7, 11) is 1.96. The number of nitrogens with one attached hydrogen (secondary N) is 1. The zero-order valence-corrected chi connectivity index (χ0v) is 14.4. The molecule has 0 amide bonds. The first-order valence-electron chi connectivity index (χ1n) is 6.89. The van der Waals surface area contributed by atoms with E-state index in [0.717, 1.165) is 5.75 Å². The highest BCUT2D eigenvalue weighted by molar-refractivity contribution is 8.07. The molecule has 112 valence electrons. The first-order chi connectivity index (χ1) is 9.51. The maximum atomic E-state index is 13.9. The summed E-state index contributed by atoms with van der Waals surface area (Å²) in [6, 6.07) is 5.07. The van der Waals surface area contributed by atoms with Crippen molar-refractivity contribution in [2.24, 2.45) is 0 Å². The zero-order valence-electron chi connectivity index (χ0n) is 12.0. The van der Waals surface area contributed by atoms with Crippen molar-refractivity contribution in [3.05, 3.63) is 34.6 Å². The van der Waals surface area contributed by atoms with Crippen LogP contribution in [0.15, 0.2) is 18.2 Å². The predicted molar refractivity (Wildman–Crippen MR) is 90.7 cm³/mol. The molecule has 1 saturated heterocycles. The van der Waals surface area contributed by atoms with Gasteiger partial charge in [-0.05, 0) is 37.2 Å². The molecule has 4 atom stereocenters. The van der Waals surface area contributed by atoms with E-state index in [1.54, 1.807) is 12.1 Å². The molecule has 2 rings (SSSR count). The summed E-state index contributed by atoms with van der Waals surface area (Å²) in [6.45, 7) is 4.56. The Kier molecular flexibility index (Phi) is 6.09. The van der Waals surface area contributed by atoms with E-state index in [4.69, 9.17) is 11.6 Å². The molecule has 1 N–H and O–H groups in total. The first kappa shape index (κ1) is 16.5. The molecule has 0 radical (unpaired) electrons. The zero-order chi connectivity index (χ0) is 14.7. The van der Waals surface area contributed by atoms with Crippen molar-refractivity contribution in [3.63, 3.8) is 0 Å². The number of thioether (sulfide) groups is 2. The van der Waals surface area contributed by atoms with Crippen molar-refractivity contribution in [1.29, 1.82) is 0 Å². The van der Waals surface area contributed by atoms with Crippen molar-refractivity contribution < 1.29 is 4.39 Å². The minimum absolute atomic E-state index is 0.162. The average Bonchev–Trinajstić information content (AvgIpc) is 2.43. The van der Waals surface area contributed by atoms with Gasteiger partial charge in [0.1, 0.15) is 5.82 Å². The molecule has 1 nitrogen and oxygen atoms in total. The SMILES string of the molecule is CNC(Cc1cc(Cl)ccc1F)C1CSC(C)C(C)S1. The van der Waals surface area contributed by atoms with Crippen LogP contribution in [0.25, 0.3) is 0 Å². The molecule has 1 heterocycles. The molecule has 1 aromatic carbocycles. The summed E-state index contributed by atoms with van der Waals surface area (Å²) in [5.41, 5.74) is 0.703. The van der Waals surface area contributed by atoms with Crippen LogP contribution in [0.2, 0.25) is 5.02 Å². The lowest BCUT2D eigenvalue weighted by Gasteiger charge is -2.36. The van der Waals surface area contributed by atoms with Crippen LogP contribution in [0.3, 0.4) is 0 Å². The quantitative estimate of drug-likeness (QED) is 0.885. The van der Waals surface area contributed by atoms with E-state index in [9.17, 15) is 4.39 Å². The monoisotopic (exact) mass is 333 g/mol. The van der Waals surface area contributed by atoms with E-state index in [1.807, 2.05) is 30.6 Å². The number of hydrogen-bond donors (Lipinski definition) is 1. The predicted octanol–water partition coefficient (Wildman–Crippen LogP) is 4.24. The second-order valence-corrected chi connectivity index (χ2v) is 8.72. The Morgan fingerprint density at radius 3 is 2.80 bits per heavy atom. The minimum atomic E-state index is -0.162. The topological polar surface area (TPSA) is 12.0 Å². The highest BCUT2D eigenvalue weighted by atomic mass is 35.5. The van der Waals surface area contributed by atoms with Crippen molar-refractivity contribution in [2.45, 2.75) is 42.1 Å². The van der Waals surface area contributed by atoms with Gasteiger partial charge in [0.05, 0.1) is 0 Å². The van der Waals surface area contributed by atoms with Crippen LogP contribution in [-0.2, 0) is 6.42 Å². The Morgan fingerprint density at radius 2 is 2.15 bits per heavy atom. The summed E-state index contributed by atoms with van der Waals surface area (Å²) in [5.74, 6) is 0.952. The third kappa shape index (κ3) is 4.06. The van der Waals surface area contributed by atoms with E-state index in [2.05, 4.69) is 19.2 Å². The number of benzene rings is 1. The summed E-state index contributed by atoms with van der Waals surface area (Å²) in [4.78, 5) is 0. The second-order valence-electron chi connectivity index (χ2n) is 5.25. The van der Waals surface area contributed by atoms with Crippen LogP contribution in [0.5, 0.6) is 0 Å². The Bertz CT molecular complexity index is 457. The molecule has 0 spiro atoms. The van der Waals surface area contributed by atoms with Crippen molar-refractivity contribution in [1.82, 2.24) is 5.32 Å². The van der Waals surface area contributed by atoms with Gasteiger partial charge in [0.15, 0.2) is 0 Å². The Balaban J connectivity index is 2.07. The highest BCUT2D eigenvalue weighted by Gasteiger charge is 2.31. The minimum Gasteiger partial charge on any atom is -0.316 e. The third-order valence-corrected chi connectivity index (χ3v) is 7.63. The van der Waals surface area contributed by atoms with E-state index < -0.39 is 0 Å². The molecule has 0 aliphatic carbocycles. The summed E-state index contributed by atoms with van der Waals surface area (Å²) < 4.78 is 13.9. The van der Waals surface area contributed by atoms with Crippen molar-refractivity contribution >= 4 is 35.1 Å². The van der Waals surface area contributed by atoms with Crippen molar-refractivity contribution in [3.8, 4) is 0 Å². The fraction of sp³-hybridized carbons (Fsp3) is 0.600. The fourth-order valence-corrected chi connectivity index (χ4v) is 5.74. The lowest BCUT2D eigenvalue weighted by molar-refractivity contribution is 0.531. The first-order valence-corrected chi connectivity index (χ1v) is 9.26. The summed E-state index contributed by atoms with van der Waals surface area (Å²) in [6.07, 6.45) is 0.683. The molecule has 0 aromatic heterocycles. The van der Waals surface area contributed by atoms with Gasteiger partial charge in [-0.1, -0.05) is 25.4 Å². The maximum Gasteiger partial charge on any atom is 0.126 e. The van der Waals surface area contributed by atoms with Gasteiger partial charge in [0.25, 0.3) is 0 Å². The highest BCUT2D eigenvalue weighted by Crippen LogP contribution is 2.37. The lowest BCUT2D eigenvalue weighted by Crippen LogP contribution is -2.43. The van der Waals surface area contributed by atoms with Gasteiger partial charge < -0.3 is 5.32 Å². The van der Waals surface area contributed by atoms with Gasteiger partial charge in [-0.15, -0.1) is 0 Å². The molecule has 1 aliphatic rings. The standard InChI is InChI=1S/C15H21ClFNS2/c1-9-10(2)20-15(8-19-9)14(18-3)7-11-6-12(16)4-5-13(11)17/h4-6,9-10,14-15,18H,7-8H2,1-3H3. The van der Waals surface area contributed by atoms with Gasteiger partial charge >= 0.3 is 0 Å². The molecule has 1 aliphatic heterocycles. The Hall–Kier alpha value is 0.1000. The molecule has 0 bridgehead atoms. The van der Waals surface area contributed by atoms with Gasteiger partial charge in [-0.2, -0.15) is 23.5 Å². The van der Waals surface area contributed by atoms with Crippen LogP contribution < -0.4 is 5.32 Å². The third-order valence-electron chi connectivity index (χ3n) is 3.84. The van der Waals surface area contributed by atoms with Crippen LogP contribution in [0.1, 0.15) is 19.4 Å². The number of halogens is 2. The largest absolute Gasteiger partial charge is 0.316 e. The summed E-state index contributed by atoms with van der Waals surface area (Å²) >= 11 is 10.0. The van der Waals surface area contributed by atoms with Crippen LogP contribution >= 0.6 is 35.1 Å².